The predicted octanol–water partition coefficient (Wildman–Crippen LogP) is 3.33. The number of carbonyl (C=O) groups excluding carboxylic acids is 3. The van der Waals surface area contributed by atoms with Gasteiger partial charge in [0.15, 0.2) is 0 Å². The number of esters is 1. The molecule has 3 amide bonds. The summed E-state index contributed by atoms with van der Waals surface area (Å²) in [7, 11) is 1.68. The quantitative estimate of drug-likeness (QED) is 0.499. The van der Waals surface area contributed by atoms with Gasteiger partial charge in [0.05, 0.1) is 35.0 Å². The molecule has 2 aromatic rings. The van der Waals surface area contributed by atoms with Gasteiger partial charge in [-0.1, -0.05) is 23.2 Å². The largest absolute Gasteiger partial charge is 0.467 e. The molecule has 0 saturated carbocycles. The van der Waals surface area contributed by atoms with E-state index < -0.39 is 18.0 Å². The monoisotopic (exact) mass is 480 g/mol. The normalized spacial score (nSPS) is 15.9. The van der Waals surface area contributed by atoms with Gasteiger partial charge >= 0.3 is 12.0 Å². The van der Waals surface area contributed by atoms with Crippen LogP contribution in [0.5, 0.6) is 0 Å². The molecule has 11 heteroatoms. The van der Waals surface area contributed by atoms with Gasteiger partial charge in [0.1, 0.15) is 11.8 Å². The molecule has 1 aliphatic rings. The summed E-state index contributed by atoms with van der Waals surface area (Å²) in [5, 5.41) is 8.75. The first-order chi connectivity index (χ1) is 15.3. The molecule has 1 aromatic carbocycles. The maximum atomic E-state index is 12.7. The molecule has 0 fully saturated rings. The lowest BCUT2D eigenvalue weighted by Gasteiger charge is -2.29. The Hall–Kier alpha value is -3.01. The van der Waals surface area contributed by atoms with Crippen molar-refractivity contribution in [2.75, 3.05) is 32.1 Å². The number of nitrogens with one attached hydrogen (secondary N) is 3. The minimum absolute atomic E-state index is 0.0193. The van der Waals surface area contributed by atoms with Crippen LogP contribution in [0.3, 0.4) is 0 Å². The summed E-state index contributed by atoms with van der Waals surface area (Å²) in [6, 6.07) is 6.76. The Balaban J connectivity index is 1.77. The molecule has 9 nitrogen and oxygen atoms in total. The Morgan fingerprint density at radius 2 is 2.03 bits per heavy atom. The summed E-state index contributed by atoms with van der Waals surface area (Å²) in [6.07, 6.45) is 1.45. The lowest BCUT2D eigenvalue weighted by molar-refractivity contribution is -0.139. The van der Waals surface area contributed by atoms with Gasteiger partial charge in [-0.25, -0.2) is 9.59 Å². The van der Waals surface area contributed by atoms with E-state index in [9.17, 15) is 14.4 Å². The van der Waals surface area contributed by atoms with Gasteiger partial charge in [0.2, 0.25) is 5.91 Å². The number of urea groups is 1. The molecule has 1 unspecified atom stereocenters. The fourth-order valence-corrected chi connectivity index (χ4v) is 3.50. The number of hydrogen-bond donors (Lipinski definition) is 3. The highest BCUT2D eigenvalue weighted by Gasteiger charge is 2.35. The number of nitrogens with zero attached hydrogens (tertiary/aromatic N) is 1. The molecule has 0 saturated heterocycles. The number of anilines is 1. The number of hydrogen-bond acceptors (Lipinski definition) is 6. The third kappa shape index (κ3) is 5.82. The molecule has 3 rings (SSSR count). The van der Waals surface area contributed by atoms with Crippen molar-refractivity contribution in [2.45, 2.75) is 13.0 Å². The van der Waals surface area contributed by atoms with E-state index in [0.717, 1.165) is 0 Å². The summed E-state index contributed by atoms with van der Waals surface area (Å²) in [6.45, 7) is 1.94. The summed E-state index contributed by atoms with van der Waals surface area (Å²) < 4.78 is 10.6. The van der Waals surface area contributed by atoms with E-state index in [1.54, 1.807) is 49.2 Å². The van der Waals surface area contributed by atoms with Crippen molar-refractivity contribution in [3.8, 4) is 0 Å². The van der Waals surface area contributed by atoms with Crippen molar-refractivity contribution < 1.29 is 23.5 Å². The number of rotatable bonds is 8. The topological polar surface area (TPSA) is 113 Å². The molecule has 0 aliphatic carbocycles. The van der Waals surface area contributed by atoms with Gasteiger partial charge in [-0.05, 0) is 44.3 Å². The molecule has 1 atom stereocenters. The molecule has 2 heterocycles. The second-order valence-corrected chi connectivity index (χ2v) is 7.82. The first kappa shape index (κ1) is 23.6. The highest BCUT2D eigenvalue weighted by atomic mass is 35.5. The number of furan rings is 1. The Bertz CT molecular complexity index is 1040. The van der Waals surface area contributed by atoms with Crippen LogP contribution in [0, 0.1) is 0 Å². The van der Waals surface area contributed by atoms with Crippen molar-refractivity contribution in [1.29, 1.82) is 0 Å². The van der Waals surface area contributed by atoms with Crippen LogP contribution in [0.15, 0.2) is 52.3 Å². The average molecular weight is 481 g/mol. The van der Waals surface area contributed by atoms with E-state index in [1.807, 2.05) is 0 Å². The Labute approximate surface area is 194 Å². The van der Waals surface area contributed by atoms with Crippen LogP contribution >= 0.6 is 23.2 Å². The summed E-state index contributed by atoms with van der Waals surface area (Å²) in [4.78, 5) is 39.0. The highest BCUT2D eigenvalue weighted by Crippen LogP contribution is 2.28. The number of benzene rings is 1. The molecular weight excluding hydrogens is 459 g/mol. The first-order valence-electron chi connectivity index (χ1n) is 9.73. The minimum atomic E-state index is -0.814. The van der Waals surface area contributed by atoms with E-state index in [1.165, 1.54) is 6.26 Å². The van der Waals surface area contributed by atoms with E-state index in [2.05, 4.69) is 16.0 Å². The fraction of sp³-hybridized carbons (Fsp3) is 0.286. The number of halogens is 2. The predicted molar refractivity (Wildman–Crippen MR) is 119 cm³/mol. The van der Waals surface area contributed by atoms with Gasteiger partial charge < -0.3 is 25.1 Å². The second-order valence-electron chi connectivity index (χ2n) is 7.01. The smallest absolute Gasteiger partial charge is 0.338 e. The number of amides is 3. The molecular formula is C21H22Cl2N4O5. The van der Waals surface area contributed by atoms with Crippen molar-refractivity contribution in [2.24, 2.45) is 0 Å². The lowest BCUT2D eigenvalue weighted by Crippen LogP contribution is -2.48. The van der Waals surface area contributed by atoms with Gasteiger partial charge in [-0.15, -0.1) is 0 Å². The number of likely N-dealkylation sites (N-methyl/N-ethyl adjacent to an activating group) is 1. The van der Waals surface area contributed by atoms with Gasteiger partial charge in [0.25, 0.3) is 0 Å². The molecule has 170 valence electrons. The van der Waals surface area contributed by atoms with E-state index in [4.69, 9.17) is 32.4 Å². The zero-order chi connectivity index (χ0) is 23.3. The molecule has 0 radical (unpaired) electrons. The van der Waals surface area contributed by atoms with Crippen LogP contribution in [0.25, 0.3) is 0 Å². The van der Waals surface area contributed by atoms with Crippen molar-refractivity contribution in [1.82, 2.24) is 15.5 Å². The maximum Gasteiger partial charge on any atom is 0.338 e. The molecule has 1 aliphatic heterocycles. The van der Waals surface area contributed by atoms with Crippen LogP contribution in [-0.2, 0) is 14.3 Å². The second kappa shape index (κ2) is 10.5. The Morgan fingerprint density at radius 1 is 1.25 bits per heavy atom. The van der Waals surface area contributed by atoms with Gasteiger partial charge in [0, 0.05) is 17.9 Å². The fourth-order valence-electron chi connectivity index (χ4n) is 3.21. The van der Waals surface area contributed by atoms with Crippen LogP contribution in [0.4, 0.5) is 10.5 Å². The minimum Gasteiger partial charge on any atom is -0.467 e. The van der Waals surface area contributed by atoms with Crippen LogP contribution in [0.2, 0.25) is 10.0 Å². The van der Waals surface area contributed by atoms with Crippen molar-refractivity contribution >= 4 is 46.8 Å². The summed E-state index contributed by atoms with van der Waals surface area (Å²) in [5.41, 5.74) is 1.02. The van der Waals surface area contributed by atoms with Gasteiger partial charge in [-0.3, -0.25) is 9.69 Å². The Morgan fingerprint density at radius 3 is 2.69 bits per heavy atom. The lowest BCUT2D eigenvalue weighted by atomic mass is 10.00. The average Bonchev–Trinajstić information content (AvgIpc) is 3.25. The van der Waals surface area contributed by atoms with Crippen molar-refractivity contribution in [3.63, 3.8) is 0 Å². The maximum absolute atomic E-state index is 12.7. The molecule has 1 aromatic heterocycles. The summed E-state index contributed by atoms with van der Waals surface area (Å²) >= 11 is 11.9. The van der Waals surface area contributed by atoms with Crippen LogP contribution in [0.1, 0.15) is 18.7 Å². The SMILES string of the molecule is CCOC(=O)C1=C(CN(C)CC(=O)Nc2ccc(Cl)c(Cl)c2)NC(=O)NC1c1ccco1. The highest BCUT2D eigenvalue weighted by molar-refractivity contribution is 6.42. The van der Waals surface area contributed by atoms with Crippen LogP contribution in [-0.4, -0.2) is 49.6 Å². The third-order valence-electron chi connectivity index (χ3n) is 4.52. The Kier molecular flexibility index (Phi) is 7.79. The van der Waals surface area contributed by atoms with Crippen molar-refractivity contribution in [3.05, 3.63) is 63.7 Å². The molecule has 0 spiro atoms. The van der Waals surface area contributed by atoms with E-state index in [-0.39, 0.29) is 31.2 Å². The third-order valence-corrected chi connectivity index (χ3v) is 5.26. The zero-order valence-corrected chi connectivity index (χ0v) is 18.9. The summed E-state index contributed by atoms with van der Waals surface area (Å²) in [5.74, 6) is -0.516. The number of ether oxygens (including phenoxy) is 1. The van der Waals surface area contributed by atoms with Crippen LogP contribution < -0.4 is 16.0 Å². The number of carbonyl (C=O) groups is 3. The molecule has 0 bridgehead atoms. The molecule has 32 heavy (non-hydrogen) atoms. The molecule has 3 N–H and O–H groups in total. The first-order valence-corrected chi connectivity index (χ1v) is 10.5. The zero-order valence-electron chi connectivity index (χ0n) is 17.4. The van der Waals surface area contributed by atoms with Gasteiger partial charge in [-0.2, -0.15) is 0 Å². The van der Waals surface area contributed by atoms with E-state index >= 15 is 0 Å². The standard InChI is InChI=1S/C21H22Cl2N4O5/c1-3-31-20(29)18-15(25-21(30)26-19(18)16-5-4-8-32-16)10-27(2)11-17(28)24-12-6-7-13(22)14(23)9-12/h4-9,19H,3,10-11H2,1-2H3,(H,24,28)(H2,25,26,30). The van der Waals surface area contributed by atoms with E-state index in [0.29, 0.717) is 27.2 Å².